The van der Waals surface area contributed by atoms with Crippen LogP contribution >= 0.6 is 0 Å². The van der Waals surface area contributed by atoms with Crippen molar-refractivity contribution in [2.24, 2.45) is 5.41 Å². The number of aliphatic hydroxyl groups excluding tert-OH is 2. The molecule has 0 aromatic carbocycles. The van der Waals surface area contributed by atoms with Gasteiger partial charge in [-0.2, -0.15) is 0 Å². The van der Waals surface area contributed by atoms with E-state index in [0.717, 1.165) is 12.1 Å². The van der Waals surface area contributed by atoms with E-state index in [2.05, 4.69) is 23.3 Å². The van der Waals surface area contributed by atoms with Gasteiger partial charge in [0.1, 0.15) is 0 Å². The summed E-state index contributed by atoms with van der Waals surface area (Å²) in [5.74, 6) is 0. The van der Waals surface area contributed by atoms with Crippen LogP contribution in [-0.4, -0.2) is 35.0 Å². The summed E-state index contributed by atoms with van der Waals surface area (Å²) in [5, 5.41) is 21.6. The fourth-order valence-corrected chi connectivity index (χ4v) is 1.60. The van der Waals surface area contributed by atoms with Crippen molar-refractivity contribution in [2.75, 3.05) is 19.8 Å². The number of hydrogen-bond donors (Lipinski definition) is 3. The molecule has 17 heavy (non-hydrogen) atoms. The molecular weight excluding hydrogens is 216 g/mol. The standard InChI is InChI=1S/C13H22N2O2/c1-3-11-5-4-6-15-12(11)7-14-8-13(2,9-16)10-17/h4-6,14,16-17H,3,7-10H2,1-2H3. The van der Waals surface area contributed by atoms with Crippen LogP contribution in [0.4, 0.5) is 0 Å². The van der Waals surface area contributed by atoms with Gasteiger partial charge < -0.3 is 15.5 Å². The predicted molar refractivity (Wildman–Crippen MR) is 67.6 cm³/mol. The molecule has 0 saturated heterocycles. The SMILES string of the molecule is CCc1cccnc1CNCC(C)(CO)CO. The Morgan fingerprint density at radius 3 is 2.65 bits per heavy atom. The lowest BCUT2D eigenvalue weighted by molar-refractivity contribution is 0.0694. The molecule has 0 fully saturated rings. The molecule has 0 radical (unpaired) electrons. The predicted octanol–water partition coefficient (Wildman–Crippen LogP) is 0.724. The molecule has 1 aromatic rings. The number of hydrogen-bond acceptors (Lipinski definition) is 4. The number of nitrogens with zero attached hydrogens (tertiary/aromatic N) is 1. The van der Waals surface area contributed by atoms with Crippen molar-refractivity contribution in [3.05, 3.63) is 29.6 Å². The van der Waals surface area contributed by atoms with Crippen molar-refractivity contribution in [3.8, 4) is 0 Å². The van der Waals surface area contributed by atoms with Gasteiger partial charge in [0.25, 0.3) is 0 Å². The van der Waals surface area contributed by atoms with Gasteiger partial charge in [-0.05, 0) is 18.1 Å². The normalized spacial score (nSPS) is 11.8. The van der Waals surface area contributed by atoms with E-state index in [1.165, 1.54) is 5.56 Å². The van der Waals surface area contributed by atoms with Crippen LogP contribution in [0.25, 0.3) is 0 Å². The van der Waals surface area contributed by atoms with Gasteiger partial charge in [0, 0.05) is 24.7 Å². The first-order valence-electron chi connectivity index (χ1n) is 6.00. The van der Waals surface area contributed by atoms with Gasteiger partial charge in [0.05, 0.1) is 18.9 Å². The van der Waals surface area contributed by atoms with Crippen LogP contribution in [0.3, 0.4) is 0 Å². The first kappa shape index (κ1) is 14.1. The van der Waals surface area contributed by atoms with Crippen LogP contribution in [-0.2, 0) is 13.0 Å². The Morgan fingerprint density at radius 2 is 2.06 bits per heavy atom. The fraction of sp³-hybridized carbons (Fsp3) is 0.615. The number of rotatable bonds is 7. The number of nitrogens with one attached hydrogen (secondary N) is 1. The smallest absolute Gasteiger partial charge is 0.0573 e. The minimum atomic E-state index is -0.471. The molecule has 0 amide bonds. The molecule has 3 N–H and O–H groups in total. The second-order valence-electron chi connectivity index (χ2n) is 4.69. The summed E-state index contributed by atoms with van der Waals surface area (Å²) in [6.07, 6.45) is 2.75. The largest absolute Gasteiger partial charge is 0.396 e. The Morgan fingerprint density at radius 1 is 1.35 bits per heavy atom. The number of aliphatic hydroxyl groups is 2. The van der Waals surface area contributed by atoms with E-state index in [1.54, 1.807) is 6.20 Å². The van der Waals surface area contributed by atoms with Gasteiger partial charge in [-0.15, -0.1) is 0 Å². The second-order valence-corrected chi connectivity index (χ2v) is 4.69. The van der Waals surface area contributed by atoms with Gasteiger partial charge in [-0.1, -0.05) is 19.9 Å². The lowest BCUT2D eigenvalue weighted by Crippen LogP contribution is -2.37. The van der Waals surface area contributed by atoms with Crippen molar-refractivity contribution < 1.29 is 10.2 Å². The summed E-state index contributed by atoms with van der Waals surface area (Å²) in [4.78, 5) is 4.33. The van der Waals surface area contributed by atoms with Crippen molar-refractivity contribution >= 4 is 0 Å². The summed E-state index contributed by atoms with van der Waals surface area (Å²) >= 11 is 0. The van der Waals surface area contributed by atoms with Crippen molar-refractivity contribution in [1.82, 2.24) is 10.3 Å². The summed E-state index contributed by atoms with van der Waals surface area (Å²) in [7, 11) is 0. The molecule has 1 aromatic heterocycles. The third-order valence-electron chi connectivity index (χ3n) is 2.97. The van der Waals surface area contributed by atoms with E-state index in [1.807, 2.05) is 13.0 Å². The van der Waals surface area contributed by atoms with Crippen LogP contribution in [0.1, 0.15) is 25.1 Å². The summed E-state index contributed by atoms with van der Waals surface area (Å²) in [6, 6.07) is 4.01. The molecule has 4 nitrogen and oxygen atoms in total. The van der Waals surface area contributed by atoms with Crippen molar-refractivity contribution in [3.63, 3.8) is 0 Å². The van der Waals surface area contributed by atoms with E-state index in [4.69, 9.17) is 10.2 Å². The summed E-state index contributed by atoms with van der Waals surface area (Å²) in [5.41, 5.74) is 1.80. The van der Waals surface area contributed by atoms with Crippen molar-refractivity contribution in [2.45, 2.75) is 26.8 Å². The third-order valence-corrected chi connectivity index (χ3v) is 2.97. The number of pyridine rings is 1. The highest BCUT2D eigenvalue weighted by atomic mass is 16.3. The fourth-order valence-electron chi connectivity index (χ4n) is 1.60. The van der Waals surface area contributed by atoms with E-state index in [9.17, 15) is 0 Å². The molecule has 96 valence electrons. The summed E-state index contributed by atoms with van der Waals surface area (Å²) in [6.45, 7) is 5.13. The maximum absolute atomic E-state index is 9.17. The molecule has 0 atom stereocenters. The molecule has 0 aliphatic carbocycles. The molecule has 4 heteroatoms. The first-order chi connectivity index (χ1) is 8.15. The molecule has 0 saturated carbocycles. The molecule has 0 unspecified atom stereocenters. The minimum absolute atomic E-state index is 0.0284. The zero-order chi connectivity index (χ0) is 12.7. The molecule has 0 bridgehead atoms. The topological polar surface area (TPSA) is 65.4 Å². The Bertz CT molecular complexity index is 338. The lowest BCUT2D eigenvalue weighted by Gasteiger charge is -2.24. The van der Waals surface area contributed by atoms with Crippen LogP contribution in [0.2, 0.25) is 0 Å². The molecule has 0 spiro atoms. The van der Waals surface area contributed by atoms with Crippen LogP contribution in [0.15, 0.2) is 18.3 Å². The van der Waals surface area contributed by atoms with Gasteiger partial charge in [0.2, 0.25) is 0 Å². The highest BCUT2D eigenvalue weighted by Gasteiger charge is 2.21. The number of aryl methyl sites for hydroxylation is 1. The molecular formula is C13H22N2O2. The Balaban J connectivity index is 2.51. The second kappa shape index (κ2) is 6.69. The average Bonchev–Trinajstić information content (AvgIpc) is 2.39. The Hall–Kier alpha value is -0.970. The maximum atomic E-state index is 9.17. The Labute approximate surface area is 103 Å². The van der Waals surface area contributed by atoms with E-state index < -0.39 is 5.41 Å². The van der Waals surface area contributed by atoms with Crippen LogP contribution < -0.4 is 5.32 Å². The average molecular weight is 238 g/mol. The third kappa shape index (κ3) is 4.07. The van der Waals surface area contributed by atoms with Crippen LogP contribution in [0.5, 0.6) is 0 Å². The molecule has 0 aliphatic rings. The van der Waals surface area contributed by atoms with E-state index in [-0.39, 0.29) is 13.2 Å². The quantitative estimate of drug-likeness (QED) is 0.655. The number of aromatic nitrogens is 1. The van der Waals surface area contributed by atoms with Gasteiger partial charge in [-0.3, -0.25) is 4.98 Å². The minimum Gasteiger partial charge on any atom is -0.396 e. The summed E-state index contributed by atoms with van der Waals surface area (Å²) < 4.78 is 0. The van der Waals surface area contributed by atoms with Crippen molar-refractivity contribution in [1.29, 1.82) is 0 Å². The van der Waals surface area contributed by atoms with Gasteiger partial charge in [0.15, 0.2) is 0 Å². The van der Waals surface area contributed by atoms with E-state index in [0.29, 0.717) is 13.1 Å². The highest BCUT2D eigenvalue weighted by Crippen LogP contribution is 2.13. The Kier molecular flexibility index (Phi) is 5.55. The van der Waals surface area contributed by atoms with Crippen LogP contribution in [0, 0.1) is 5.41 Å². The van der Waals surface area contributed by atoms with Gasteiger partial charge >= 0.3 is 0 Å². The lowest BCUT2D eigenvalue weighted by atomic mass is 9.93. The molecule has 0 aliphatic heterocycles. The monoisotopic (exact) mass is 238 g/mol. The first-order valence-corrected chi connectivity index (χ1v) is 6.00. The molecule has 1 rings (SSSR count). The zero-order valence-electron chi connectivity index (χ0n) is 10.6. The van der Waals surface area contributed by atoms with E-state index >= 15 is 0 Å². The highest BCUT2D eigenvalue weighted by molar-refractivity contribution is 5.19. The molecule has 1 heterocycles. The zero-order valence-corrected chi connectivity index (χ0v) is 10.6. The van der Waals surface area contributed by atoms with Gasteiger partial charge in [-0.25, -0.2) is 0 Å². The maximum Gasteiger partial charge on any atom is 0.0573 e.